The van der Waals surface area contributed by atoms with Crippen molar-refractivity contribution in [3.05, 3.63) is 100 Å². The van der Waals surface area contributed by atoms with E-state index in [1.54, 1.807) is 28.8 Å². The number of hydrogen-bond donors (Lipinski definition) is 0. The maximum atomic E-state index is 13.5. The first kappa shape index (κ1) is 20.8. The molecule has 160 valence electrons. The van der Waals surface area contributed by atoms with Crippen LogP contribution >= 0.6 is 23.5 Å². The smallest absolute Gasteiger partial charge is 0.269 e. The maximum absolute atomic E-state index is 13.5. The summed E-state index contributed by atoms with van der Waals surface area (Å²) < 4.78 is 13.4. The Balaban J connectivity index is 1.49. The Kier molecular flexibility index (Phi) is 5.76. The molecule has 0 bridgehead atoms. The number of thioether (sulfide) groups is 2. The highest BCUT2D eigenvalue weighted by Crippen LogP contribution is 2.50. The first-order valence-electron chi connectivity index (χ1n) is 10.2. The van der Waals surface area contributed by atoms with E-state index in [1.807, 2.05) is 37.4 Å². The van der Waals surface area contributed by atoms with Crippen molar-refractivity contribution < 1.29 is 9.18 Å². The number of carbonyl (C=O) groups excluding carboxylic acids is 1. The van der Waals surface area contributed by atoms with Crippen LogP contribution in [0.3, 0.4) is 0 Å². The minimum atomic E-state index is -0.311. The van der Waals surface area contributed by atoms with Crippen LogP contribution in [0.15, 0.2) is 98.7 Å². The van der Waals surface area contributed by atoms with Gasteiger partial charge in [0.05, 0.1) is 16.4 Å². The van der Waals surface area contributed by atoms with E-state index in [1.165, 1.54) is 23.9 Å². The molecule has 7 heteroatoms. The van der Waals surface area contributed by atoms with Gasteiger partial charge in [-0.15, -0.1) is 0 Å². The lowest BCUT2D eigenvalue weighted by Crippen LogP contribution is -2.31. The molecule has 0 unspecified atom stereocenters. The molecule has 32 heavy (non-hydrogen) atoms. The lowest BCUT2D eigenvalue weighted by Gasteiger charge is -2.16. The molecule has 2 aliphatic rings. The van der Waals surface area contributed by atoms with Gasteiger partial charge in [0.25, 0.3) is 5.91 Å². The number of aliphatic imine (C=N–C) groups is 1. The third-order valence-corrected chi connectivity index (χ3v) is 7.75. The number of amides is 1. The van der Waals surface area contributed by atoms with Crippen molar-refractivity contribution in [2.75, 3.05) is 18.5 Å². The zero-order valence-corrected chi connectivity index (χ0v) is 19.0. The van der Waals surface area contributed by atoms with Gasteiger partial charge < -0.3 is 4.90 Å². The molecule has 3 aromatic carbocycles. The summed E-state index contributed by atoms with van der Waals surface area (Å²) in [7, 11) is 1.98. The molecular weight excluding hydrogens is 441 g/mol. The number of rotatable bonds is 4. The zero-order valence-electron chi connectivity index (χ0n) is 17.4. The molecule has 0 aromatic heterocycles. The van der Waals surface area contributed by atoms with Gasteiger partial charge in [0.15, 0.2) is 5.17 Å². The molecule has 2 aliphatic heterocycles. The Labute approximate surface area is 194 Å². The largest absolute Gasteiger partial charge is 0.337 e. The standard InChI is InChI=1S/C25H20FN3OS2/c1-28-20-9-5-6-10-21(20)31-24(28)22-23(30)29(16-15-17-7-3-2-4-8-17)25(32-22)27-19-13-11-18(26)12-14-19/h2-14H,15-16H2,1H3/b24-22-,27-25?. The molecule has 1 saturated heterocycles. The second kappa shape index (κ2) is 8.84. The Morgan fingerprint density at radius 3 is 2.38 bits per heavy atom. The number of benzene rings is 3. The van der Waals surface area contributed by atoms with Crippen LogP contribution in [0.4, 0.5) is 15.8 Å². The Hall–Kier alpha value is -3.03. The number of amidine groups is 1. The van der Waals surface area contributed by atoms with E-state index in [0.717, 1.165) is 27.6 Å². The molecule has 4 nitrogen and oxygen atoms in total. The summed E-state index contributed by atoms with van der Waals surface area (Å²) in [5, 5.41) is 1.53. The van der Waals surface area contributed by atoms with Crippen molar-refractivity contribution >= 4 is 46.0 Å². The first-order chi connectivity index (χ1) is 15.6. The number of anilines is 1. The Morgan fingerprint density at radius 2 is 1.62 bits per heavy atom. The number of nitrogens with zero attached hydrogens (tertiary/aromatic N) is 3. The number of fused-ring (bicyclic) bond motifs is 1. The van der Waals surface area contributed by atoms with Gasteiger partial charge in [0.2, 0.25) is 0 Å². The summed E-state index contributed by atoms with van der Waals surface area (Å²) in [6, 6.07) is 24.2. The van der Waals surface area contributed by atoms with Crippen LogP contribution in [0, 0.1) is 5.82 Å². The van der Waals surface area contributed by atoms with E-state index in [0.29, 0.717) is 22.3 Å². The topological polar surface area (TPSA) is 35.9 Å². The molecule has 2 heterocycles. The van der Waals surface area contributed by atoms with E-state index in [2.05, 4.69) is 29.2 Å². The summed E-state index contributed by atoms with van der Waals surface area (Å²) in [6.45, 7) is 0.522. The van der Waals surface area contributed by atoms with Gasteiger partial charge in [-0.05, 0) is 60.1 Å². The van der Waals surface area contributed by atoms with Gasteiger partial charge in [-0.2, -0.15) is 0 Å². The lowest BCUT2D eigenvalue weighted by atomic mass is 10.1. The predicted molar refractivity (Wildman–Crippen MR) is 131 cm³/mol. The third-order valence-electron chi connectivity index (χ3n) is 5.31. The van der Waals surface area contributed by atoms with Gasteiger partial charge in [-0.1, -0.05) is 54.2 Å². The minimum Gasteiger partial charge on any atom is -0.337 e. The van der Waals surface area contributed by atoms with Crippen LogP contribution in [0.25, 0.3) is 0 Å². The first-order valence-corrected chi connectivity index (χ1v) is 11.9. The molecule has 3 aromatic rings. The molecular formula is C25H20FN3OS2. The highest BCUT2D eigenvalue weighted by molar-refractivity contribution is 8.19. The molecule has 5 rings (SSSR count). The predicted octanol–water partition coefficient (Wildman–Crippen LogP) is 6.04. The van der Waals surface area contributed by atoms with Crippen LogP contribution in [-0.4, -0.2) is 29.6 Å². The van der Waals surface area contributed by atoms with Crippen LogP contribution in [-0.2, 0) is 11.2 Å². The van der Waals surface area contributed by atoms with Crippen molar-refractivity contribution in [3.8, 4) is 0 Å². The van der Waals surface area contributed by atoms with Crippen LogP contribution < -0.4 is 4.90 Å². The quantitative estimate of drug-likeness (QED) is 0.444. The summed E-state index contributed by atoms with van der Waals surface area (Å²) in [5.74, 6) is -0.358. The summed E-state index contributed by atoms with van der Waals surface area (Å²) in [5.41, 5.74) is 2.87. The fourth-order valence-corrected chi connectivity index (χ4v) is 6.00. The van der Waals surface area contributed by atoms with Crippen molar-refractivity contribution in [2.45, 2.75) is 11.3 Å². The zero-order chi connectivity index (χ0) is 22.1. The van der Waals surface area contributed by atoms with Crippen molar-refractivity contribution in [1.82, 2.24) is 4.90 Å². The number of para-hydroxylation sites is 1. The molecule has 0 radical (unpaired) electrons. The Morgan fingerprint density at radius 1 is 0.906 bits per heavy atom. The SMILES string of the molecule is CN1/C(=C2/SC(=Nc3ccc(F)cc3)N(CCc3ccccc3)C2=O)Sc2ccccc21. The van der Waals surface area contributed by atoms with Crippen molar-refractivity contribution in [3.63, 3.8) is 0 Å². The summed E-state index contributed by atoms with van der Waals surface area (Å²) >= 11 is 2.99. The monoisotopic (exact) mass is 461 g/mol. The molecule has 0 saturated carbocycles. The fourth-order valence-electron chi connectivity index (χ4n) is 3.63. The van der Waals surface area contributed by atoms with E-state index in [-0.39, 0.29) is 11.7 Å². The average Bonchev–Trinajstić information content (AvgIpc) is 3.31. The maximum Gasteiger partial charge on any atom is 0.269 e. The van der Waals surface area contributed by atoms with Crippen LogP contribution in [0.2, 0.25) is 0 Å². The average molecular weight is 462 g/mol. The van der Waals surface area contributed by atoms with Gasteiger partial charge in [0, 0.05) is 18.5 Å². The van der Waals surface area contributed by atoms with Crippen molar-refractivity contribution in [1.29, 1.82) is 0 Å². The van der Waals surface area contributed by atoms with E-state index in [4.69, 9.17) is 4.99 Å². The normalized spacial score (nSPS) is 19.2. The fraction of sp³-hybridized carbons (Fsp3) is 0.120. The highest BCUT2D eigenvalue weighted by atomic mass is 32.2. The Bertz CT molecular complexity index is 1230. The van der Waals surface area contributed by atoms with Gasteiger partial charge >= 0.3 is 0 Å². The third kappa shape index (κ3) is 4.06. The molecule has 1 fully saturated rings. The number of carbonyl (C=O) groups is 1. The summed E-state index contributed by atoms with van der Waals surface area (Å²) in [4.78, 5) is 23.8. The van der Waals surface area contributed by atoms with Crippen LogP contribution in [0.1, 0.15) is 5.56 Å². The van der Waals surface area contributed by atoms with Gasteiger partial charge in [-0.25, -0.2) is 9.38 Å². The van der Waals surface area contributed by atoms with Crippen molar-refractivity contribution in [2.24, 2.45) is 4.99 Å². The highest BCUT2D eigenvalue weighted by Gasteiger charge is 2.38. The van der Waals surface area contributed by atoms with E-state index >= 15 is 0 Å². The molecule has 0 spiro atoms. The molecule has 0 aliphatic carbocycles. The number of halogens is 1. The van der Waals surface area contributed by atoms with Gasteiger partial charge in [0.1, 0.15) is 10.7 Å². The van der Waals surface area contributed by atoms with Gasteiger partial charge in [-0.3, -0.25) is 9.69 Å². The molecule has 1 amide bonds. The minimum absolute atomic E-state index is 0.0473. The van der Waals surface area contributed by atoms with Crippen LogP contribution in [0.5, 0.6) is 0 Å². The molecule has 0 atom stereocenters. The summed E-state index contributed by atoms with van der Waals surface area (Å²) in [6.07, 6.45) is 0.724. The van der Waals surface area contributed by atoms with E-state index < -0.39 is 0 Å². The lowest BCUT2D eigenvalue weighted by molar-refractivity contribution is -0.122. The number of hydrogen-bond acceptors (Lipinski definition) is 5. The van der Waals surface area contributed by atoms with E-state index in [9.17, 15) is 9.18 Å². The second-order valence-corrected chi connectivity index (χ2v) is 9.44. The molecule has 0 N–H and O–H groups in total. The second-order valence-electron chi connectivity index (χ2n) is 7.43.